The lowest BCUT2D eigenvalue weighted by Crippen LogP contribution is -2.16. The van der Waals surface area contributed by atoms with Crippen LogP contribution in [0.15, 0.2) is 4.47 Å². The molecule has 2 fully saturated rings. The number of rotatable bonds is 3. The summed E-state index contributed by atoms with van der Waals surface area (Å²) in [6, 6.07) is 0. The Morgan fingerprint density at radius 3 is 2.38 bits per heavy atom. The van der Waals surface area contributed by atoms with Crippen LogP contribution in [0.1, 0.15) is 88.1 Å². The van der Waals surface area contributed by atoms with Crippen LogP contribution in [0.5, 0.6) is 0 Å². The van der Waals surface area contributed by atoms with Gasteiger partial charge in [-0.25, -0.2) is 4.98 Å². The van der Waals surface area contributed by atoms with E-state index in [1.165, 1.54) is 63.5 Å². The van der Waals surface area contributed by atoms with E-state index in [9.17, 15) is 0 Å². The Balaban J connectivity index is 1.84. The molecular weight excluding hydrogens is 344 g/mol. The molecule has 1 aromatic heterocycles. The molecule has 1 N–H and O–H groups in total. The summed E-state index contributed by atoms with van der Waals surface area (Å²) in [5, 5.41) is 0. The lowest BCUT2D eigenvalue weighted by atomic mass is 9.80. The summed E-state index contributed by atoms with van der Waals surface area (Å²) < 4.78 is 1.79. The number of halogens is 1. The second-order valence-electron chi connectivity index (χ2n) is 6.76. The van der Waals surface area contributed by atoms with E-state index in [1.807, 2.05) is 0 Å². The van der Waals surface area contributed by atoms with Crippen LogP contribution >= 0.6 is 28.1 Å². The van der Waals surface area contributed by atoms with Crippen LogP contribution in [0.2, 0.25) is 0 Å². The fourth-order valence-electron chi connectivity index (χ4n) is 4.03. The van der Waals surface area contributed by atoms with E-state index in [0.29, 0.717) is 11.8 Å². The van der Waals surface area contributed by atoms with Gasteiger partial charge in [0.25, 0.3) is 0 Å². The minimum absolute atomic E-state index is 0.586. The van der Waals surface area contributed by atoms with E-state index in [2.05, 4.69) is 27.8 Å². The third-order valence-electron chi connectivity index (χ3n) is 5.48. The first kappa shape index (κ1) is 15.7. The monoisotopic (exact) mass is 368 g/mol. The number of aromatic nitrogens is 2. The Bertz CT molecular complexity index is 540. The highest BCUT2D eigenvalue weighted by atomic mass is 79.9. The summed E-state index contributed by atoms with van der Waals surface area (Å²) >= 11 is 9.17. The number of nitrogens with zero attached hydrogens (tertiary/aromatic N) is 1. The summed E-state index contributed by atoms with van der Waals surface area (Å²) in [7, 11) is 0. The molecule has 0 aliphatic heterocycles. The van der Waals surface area contributed by atoms with Gasteiger partial charge in [-0.15, -0.1) is 0 Å². The Morgan fingerprint density at radius 1 is 1.10 bits per heavy atom. The normalized spacial score (nSPS) is 27.1. The van der Waals surface area contributed by atoms with Gasteiger partial charge < -0.3 is 4.98 Å². The summed E-state index contributed by atoms with van der Waals surface area (Å²) in [5.41, 5.74) is 1.32. The molecular formula is C17H25BrN2S. The van der Waals surface area contributed by atoms with Crippen molar-refractivity contribution in [2.24, 2.45) is 5.92 Å². The highest BCUT2D eigenvalue weighted by molar-refractivity contribution is 9.10. The first-order valence-corrected chi connectivity index (χ1v) is 9.68. The fourth-order valence-corrected chi connectivity index (χ4v) is 4.75. The van der Waals surface area contributed by atoms with Gasteiger partial charge in [0.1, 0.15) is 10.5 Å². The molecule has 2 saturated carbocycles. The van der Waals surface area contributed by atoms with Gasteiger partial charge in [0.05, 0.1) is 4.47 Å². The van der Waals surface area contributed by atoms with Gasteiger partial charge in [-0.1, -0.05) is 38.4 Å². The molecule has 0 radical (unpaired) electrons. The topological polar surface area (TPSA) is 28.7 Å². The lowest BCUT2D eigenvalue weighted by molar-refractivity contribution is 0.311. The van der Waals surface area contributed by atoms with Crippen LogP contribution in [0.25, 0.3) is 0 Å². The third-order valence-corrected chi connectivity index (χ3v) is 6.84. The molecule has 1 heterocycles. The largest absolute Gasteiger partial charge is 0.346 e. The van der Waals surface area contributed by atoms with E-state index in [1.54, 1.807) is 0 Å². The van der Waals surface area contributed by atoms with Crippen molar-refractivity contribution in [3.8, 4) is 0 Å². The molecule has 0 bridgehead atoms. The predicted molar refractivity (Wildman–Crippen MR) is 93.3 cm³/mol. The van der Waals surface area contributed by atoms with Crippen molar-refractivity contribution < 1.29 is 0 Å². The zero-order valence-corrected chi connectivity index (χ0v) is 15.2. The Morgan fingerprint density at radius 2 is 1.76 bits per heavy atom. The van der Waals surface area contributed by atoms with E-state index in [-0.39, 0.29) is 0 Å². The van der Waals surface area contributed by atoms with Gasteiger partial charge >= 0.3 is 0 Å². The van der Waals surface area contributed by atoms with Crippen molar-refractivity contribution in [1.29, 1.82) is 0 Å². The molecule has 0 saturated heterocycles. The predicted octanol–water partition coefficient (Wildman–Crippen LogP) is 6.24. The molecule has 0 amide bonds. The highest BCUT2D eigenvalue weighted by Crippen LogP contribution is 2.39. The Hall–Kier alpha value is -0.220. The van der Waals surface area contributed by atoms with Crippen LogP contribution in [0.3, 0.4) is 0 Å². The molecule has 3 rings (SSSR count). The highest BCUT2D eigenvalue weighted by Gasteiger charge is 2.26. The van der Waals surface area contributed by atoms with Crippen molar-refractivity contribution in [2.45, 2.75) is 76.5 Å². The van der Waals surface area contributed by atoms with Gasteiger partial charge in [0.2, 0.25) is 0 Å². The quantitative estimate of drug-likeness (QED) is 0.639. The molecule has 2 aliphatic rings. The number of aromatic amines is 1. The second-order valence-corrected chi connectivity index (χ2v) is 7.94. The molecule has 0 unspecified atom stereocenters. The maximum Gasteiger partial charge on any atom is 0.144 e. The zero-order chi connectivity index (χ0) is 14.8. The summed E-state index contributed by atoms with van der Waals surface area (Å²) in [5.74, 6) is 3.31. The molecule has 1 aromatic rings. The van der Waals surface area contributed by atoms with Crippen molar-refractivity contribution in [1.82, 2.24) is 9.97 Å². The van der Waals surface area contributed by atoms with E-state index in [4.69, 9.17) is 17.2 Å². The maximum atomic E-state index is 5.50. The van der Waals surface area contributed by atoms with E-state index < -0.39 is 0 Å². The van der Waals surface area contributed by atoms with E-state index >= 15 is 0 Å². The van der Waals surface area contributed by atoms with Gasteiger partial charge in [-0.2, -0.15) is 0 Å². The summed E-state index contributed by atoms with van der Waals surface area (Å²) in [4.78, 5) is 8.37. The standard InChI is InChI=1S/C17H25BrN2S/c1-2-11-7-9-13(10-8-11)16-19-15(12-5-3-4-6-12)14(18)17(21)20-16/h11-13H,2-10H2,1H3,(H,19,20,21). The van der Waals surface area contributed by atoms with Crippen LogP contribution in [0.4, 0.5) is 0 Å². The maximum absolute atomic E-state index is 5.50. The average molecular weight is 369 g/mol. The van der Waals surface area contributed by atoms with Crippen molar-refractivity contribution in [3.05, 3.63) is 20.6 Å². The van der Waals surface area contributed by atoms with Crippen molar-refractivity contribution in [2.75, 3.05) is 0 Å². The summed E-state index contributed by atoms with van der Waals surface area (Å²) in [6.07, 6.45) is 11.8. The smallest absolute Gasteiger partial charge is 0.144 e. The van der Waals surface area contributed by atoms with Crippen LogP contribution in [-0.2, 0) is 0 Å². The van der Waals surface area contributed by atoms with Gasteiger partial charge in [-0.3, -0.25) is 0 Å². The first-order chi connectivity index (χ1) is 10.2. The van der Waals surface area contributed by atoms with Crippen molar-refractivity contribution >= 4 is 28.1 Å². The van der Waals surface area contributed by atoms with Gasteiger partial charge in [0.15, 0.2) is 0 Å². The average Bonchev–Trinajstić information content (AvgIpc) is 3.04. The van der Waals surface area contributed by atoms with Crippen LogP contribution in [-0.4, -0.2) is 9.97 Å². The lowest BCUT2D eigenvalue weighted by Gasteiger charge is -2.28. The van der Waals surface area contributed by atoms with Crippen LogP contribution < -0.4 is 0 Å². The third kappa shape index (κ3) is 3.42. The molecule has 2 aliphatic carbocycles. The fraction of sp³-hybridized carbons (Fsp3) is 0.765. The molecule has 0 spiro atoms. The van der Waals surface area contributed by atoms with Crippen LogP contribution in [0, 0.1) is 10.6 Å². The number of H-pyrrole nitrogens is 1. The van der Waals surface area contributed by atoms with Gasteiger partial charge in [0, 0.05) is 17.5 Å². The summed E-state index contributed by atoms with van der Waals surface area (Å²) in [6.45, 7) is 2.31. The molecule has 21 heavy (non-hydrogen) atoms. The first-order valence-electron chi connectivity index (χ1n) is 8.48. The number of nitrogens with one attached hydrogen (secondary N) is 1. The minimum atomic E-state index is 0.586. The molecule has 4 heteroatoms. The molecule has 0 atom stereocenters. The second kappa shape index (κ2) is 6.91. The van der Waals surface area contributed by atoms with Crippen molar-refractivity contribution in [3.63, 3.8) is 0 Å². The minimum Gasteiger partial charge on any atom is -0.346 e. The molecule has 0 aromatic carbocycles. The molecule has 116 valence electrons. The number of hydrogen-bond acceptors (Lipinski definition) is 2. The Kier molecular flexibility index (Phi) is 5.15. The Labute approximate surface area is 141 Å². The number of hydrogen-bond donors (Lipinski definition) is 1. The SMILES string of the molecule is CCC1CCC(c2nc(=S)c(Br)c(C3CCCC3)[nH]2)CC1. The molecule has 2 nitrogen and oxygen atoms in total. The zero-order valence-electron chi connectivity index (χ0n) is 12.8. The van der Waals surface area contributed by atoms with Gasteiger partial charge in [-0.05, 0) is 60.4 Å². The van der Waals surface area contributed by atoms with E-state index in [0.717, 1.165) is 20.9 Å².